The van der Waals surface area contributed by atoms with Gasteiger partial charge in [0.1, 0.15) is 0 Å². The smallest absolute Gasteiger partial charge is 0.416 e. The van der Waals surface area contributed by atoms with Gasteiger partial charge in [-0.3, -0.25) is 0 Å². The van der Waals surface area contributed by atoms with Crippen LogP contribution in [0.25, 0.3) is 0 Å². The van der Waals surface area contributed by atoms with Crippen molar-refractivity contribution in [1.29, 1.82) is 0 Å². The van der Waals surface area contributed by atoms with Gasteiger partial charge in [0, 0.05) is 10.6 Å². The molecule has 0 radical (unpaired) electrons. The van der Waals surface area contributed by atoms with E-state index in [1.54, 1.807) is 0 Å². The molecular formula is C9H5ClF4O2. The van der Waals surface area contributed by atoms with Crippen molar-refractivity contribution in [2.75, 3.05) is 0 Å². The second kappa shape index (κ2) is 4.29. The molecule has 16 heavy (non-hydrogen) atoms. The van der Waals surface area contributed by atoms with E-state index in [1.807, 2.05) is 0 Å². The second-order valence-electron chi connectivity index (χ2n) is 2.93. The van der Waals surface area contributed by atoms with E-state index >= 15 is 0 Å². The SMILES string of the molecule is O=C(O)C(F)c1cc(C(F)(F)F)ccc1Cl. The summed E-state index contributed by atoms with van der Waals surface area (Å²) in [5.74, 6) is -1.89. The van der Waals surface area contributed by atoms with E-state index in [4.69, 9.17) is 16.7 Å². The lowest BCUT2D eigenvalue weighted by molar-refractivity contribution is -0.143. The van der Waals surface area contributed by atoms with Crippen molar-refractivity contribution in [3.8, 4) is 0 Å². The third-order valence-electron chi connectivity index (χ3n) is 1.81. The van der Waals surface area contributed by atoms with Crippen LogP contribution in [0.2, 0.25) is 5.02 Å². The Hall–Kier alpha value is -1.30. The molecule has 2 nitrogen and oxygen atoms in total. The molecular weight excluding hydrogens is 252 g/mol. The lowest BCUT2D eigenvalue weighted by Gasteiger charge is -2.11. The molecule has 7 heteroatoms. The largest absolute Gasteiger partial charge is 0.479 e. The van der Waals surface area contributed by atoms with E-state index in [9.17, 15) is 22.4 Å². The summed E-state index contributed by atoms with van der Waals surface area (Å²) in [6.45, 7) is 0. The predicted molar refractivity (Wildman–Crippen MR) is 47.9 cm³/mol. The van der Waals surface area contributed by atoms with Gasteiger partial charge in [0.2, 0.25) is 6.17 Å². The molecule has 0 aliphatic carbocycles. The lowest BCUT2D eigenvalue weighted by Crippen LogP contribution is -2.10. The normalized spacial score (nSPS) is 13.6. The molecule has 0 amide bonds. The molecule has 0 aromatic heterocycles. The van der Waals surface area contributed by atoms with Crippen LogP contribution in [0.3, 0.4) is 0 Å². The van der Waals surface area contributed by atoms with Crippen LogP contribution in [0.4, 0.5) is 17.6 Å². The van der Waals surface area contributed by atoms with Gasteiger partial charge in [0.05, 0.1) is 5.56 Å². The maximum absolute atomic E-state index is 13.0. The fraction of sp³-hybridized carbons (Fsp3) is 0.222. The molecule has 0 fully saturated rings. The summed E-state index contributed by atoms with van der Waals surface area (Å²) in [5, 5.41) is 7.98. The fourth-order valence-corrected chi connectivity index (χ4v) is 1.26. The van der Waals surface area contributed by atoms with E-state index in [-0.39, 0.29) is 5.02 Å². The zero-order valence-corrected chi connectivity index (χ0v) is 8.31. The van der Waals surface area contributed by atoms with Gasteiger partial charge in [-0.15, -0.1) is 0 Å². The first-order valence-corrected chi connectivity index (χ1v) is 4.35. The van der Waals surface area contributed by atoms with Crippen LogP contribution in [0.5, 0.6) is 0 Å². The molecule has 88 valence electrons. The van der Waals surface area contributed by atoms with Crippen LogP contribution in [0, 0.1) is 0 Å². The molecule has 1 unspecified atom stereocenters. The molecule has 0 saturated carbocycles. The monoisotopic (exact) mass is 256 g/mol. The van der Waals surface area contributed by atoms with Gasteiger partial charge in [-0.05, 0) is 18.2 Å². The Morgan fingerprint density at radius 2 is 1.94 bits per heavy atom. The third kappa shape index (κ3) is 2.63. The molecule has 0 bridgehead atoms. The molecule has 0 saturated heterocycles. The highest BCUT2D eigenvalue weighted by Crippen LogP contribution is 2.34. The first kappa shape index (κ1) is 12.8. The van der Waals surface area contributed by atoms with Gasteiger partial charge in [0.25, 0.3) is 0 Å². The molecule has 0 aliphatic rings. The summed E-state index contributed by atoms with van der Waals surface area (Å²) in [5.41, 5.74) is -1.85. The first-order chi connectivity index (χ1) is 7.23. The average molecular weight is 257 g/mol. The van der Waals surface area contributed by atoms with Gasteiger partial charge in [0.15, 0.2) is 0 Å². The second-order valence-corrected chi connectivity index (χ2v) is 3.34. The van der Waals surface area contributed by atoms with E-state index in [1.165, 1.54) is 0 Å². The minimum Gasteiger partial charge on any atom is -0.479 e. The zero-order valence-electron chi connectivity index (χ0n) is 7.55. The van der Waals surface area contributed by atoms with Gasteiger partial charge >= 0.3 is 12.1 Å². The summed E-state index contributed by atoms with van der Waals surface area (Å²) in [7, 11) is 0. The highest BCUT2D eigenvalue weighted by atomic mass is 35.5. The predicted octanol–water partition coefficient (Wildman–Crippen LogP) is 3.45. The van der Waals surface area contributed by atoms with Crippen LogP contribution in [0.15, 0.2) is 18.2 Å². The molecule has 0 aliphatic heterocycles. The van der Waals surface area contributed by atoms with Crippen LogP contribution in [0.1, 0.15) is 17.3 Å². The standard InChI is InChI=1S/C9H5ClF4O2/c10-6-2-1-4(9(12,13)14)3-5(6)7(11)8(15)16/h1-3,7H,(H,15,16). The molecule has 0 spiro atoms. The minimum absolute atomic E-state index is 0.358. The van der Waals surface area contributed by atoms with Crippen molar-refractivity contribution in [2.45, 2.75) is 12.3 Å². The Bertz CT molecular complexity index is 416. The van der Waals surface area contributed by atoms with Crippen molar-refractivity contribution in [3.05, 3.63) is 34.3 Å². The topological polar surface area (TPSA) is 37.3 Å². The summed E-state index contributed by atoms with van der Waals surface area (Å²) in [6, 6.07) is 1.86. The third-order valence-corrected chi connectivity index (χ3v) is 2.16. The molecule has 1 atom stereocenters. The van der Waals surface area contributed by atoms with Gasteiger partial charge < -0.3 is 5.11 Å². The number of benzene rings is 1. The Morgan fingerprint density at radius 3 is 2.38 bits per heavy atom. The van der Waals surface area contributed by atoms with Crippen molar-refractivity contribution in [2.24, 2.45) is 0 Å². The van der Waals surface area contributed by atoms with Crippen molar-refractivity contribution >= 4 is 17.6 Å². The summed E-state index contributed by atoms with van der Waals surface area (Å²) in [4.78, 5) is 10.3. The van der Waals surface area contributed by atoms with Crippen molar-refractivity contribution in [1.82, 2.24) is 0 Å². The number of aliphatic carboxylic acids is 1. The number of hydrogen-bond acceptors (Lipinski definition) is 1. The summed E-state index contributed by atoms with van der Waals surface area (Å²) < 4.78 is 49.8. The van der Waals surface area contributed by atoms with Gasteiger partial charge in [-0.1, -0.05) is 11.6 Å². The Morgan fingerprint density at radius 1 is 1.38 bits per heavy atom. The Kier molecular flexibility index (Phi) is 3.42. The number of halogens is 5. The van der Waals surface area contributed by atoms with Crippen molar-refractivity contribution in [3.63, 3.8) is 0 Å². The molecule has 1 rings (SSSR count). The van der Waals surface area contributed by atoms with Crippen molar-refractivity contribution < 1.29 is 27.5 Å². The number of hydrogen-bond donors (Lipinski definition) is 1. The zero-order chi connectivity index (χ0) is 12.5. The van der Waals surface area contributed by atoms with Crippen LogP contribution in [-0.4, -0.2) is 11.1 Å². The molecule has 1 aromatic rings. The summed E-state index contributed by atoms with van der Waals surface area (Å²) >= 11 is 5.41. The lowest BCUT2D eigenvalue weighted by atomic mass is 10.1. The number of alkyl halides is 4. The van der Waals surface area contributed by atoms with Crippen LogP contribution >= 0.6 is 11.6 Å². The van der Waals surface area contributed by atoms with Gasteiger partial charge in [-0.25, -0.2) is 9.18 Å². The first-order valence-electron chi connectivity index (χ1n) is 3.97. The minimum atomic E-state index is -4.67. The Labute approximate surface area is 92.4 Å². The molecule has 1 N–H and O–H groups in total. The maximum atomic E-state index is 13.0. The molecule has 1 aromatic carbocycles. The quantitative estimate of drug-likeness (QED) is 0.823. The van der Waals surface area contributed by atoms with E-state index in [2.05, 4.69) is 0 Å². The van der Waals surface area contributed by atoms with E-state index in [0.29, 0.717) is 12.1 Å². The maximum Gasteiger partial charge on any atom is 0.416 e. The van der Waals surface area contributed by atoms with E-state index in [0.717, 1.165) is 6.07 Å². The van der Waals surface area contributed by atoms with Crippen LogP contribution in [-0.2, 0) is 11.0 Å². The number of carbonyl (C=O) groups is 1. The Balaban J connectivity index is 3.24. The highest BCUT2D eigenvalue weighted by Gasteiger charge is 2.32. The van der Waals surface area contributed by atoms with Crippen LogP contribution < -0.4 is 0 Å². The number of carboxylic acid groups (broad SMARTS) is 1. The van der Waals surface area contributed by atoms with Gasteiger partial charge in [-0.2, -0.15) is 13.2 Å². The molecule has 0 heterocycles. The summed E-state index contributed by atoms with van der Waals surface area (Å²) in [6.07, 6.45) is -7.24. The fourth-order valence-electron chi connectivity index (χ4n) is 1.05. The average Bonchev–Trinajstić information content (AvgIpc) is 2.15. The highest BCUT2D eigenvalue weighted by molar-refractivity contribution is 6.31. The number of carboxylic acids is 1. The number of rotatable bonds is 2. The van der Waals surface area contributed by atoms with E-state index < -0.39 is 29.4 Å².